The molecule has 0 amide bonds. The summed E-state index contributed by atoms with van der Waals surface area (Å²) in [5.74, 6) is 0.215. The lowest BCUT2D eigenvalue weighted by atomic mass is 9.62. The van der Waals surface area contributed by atoms with Crippen LogP contribution in [0.15, 0.2) is 9.98 Å². The Balaban J connectivity index is 3.15. The standard InChI is InChI=1S/C12H18N2O2/c1-9-5-11(2,3)6-12(4,14-8-16)10(9)13-7-15/h9-10H,5-6H2,1-4H3. The molecule has 1 aliphatic rings. The van der Waals surface area contributed by atoms with E-state index in [0.29, 0.717) is 0 Å². The molecule has 3 atom stereocenters. The zero-order chi connectivity index (χ0) is 12.4. The Kier molecular flexibility index (Phi) is 3.47. The van der Waals surface area contributed by atoms with E-state index in [1.165, 1.54) is 0 Å². The van der Waals surface area contributed by atoms with Crippen LogP contribution in [-0.2, 0) is 9.59 Å². The van der Waals surface area contributed by atoms with E-state index in [2.05, 4.69) is 23.8 Å². The monoisotopic (exact) mass is 222 g/mol. The van der Waals surface area contributed by atoms with Crippen molar-refractivity contribution < 1.29 is 9.59 Å². The van der Waals surface area contributed by atoms with Crippen LogP contribution in [0.2, 0.25) is 0 Å². The van der Waals surface area contributed by atoms with Crippen LogP contribution >= 0.6 is 0 Å². The van der Waals surface area contributed by atoms with Crippen LogP contribution in [0.3, 0.4) is 0 Å². The van der Waals surface area contributed by atoms with Gasteiger partial charge in [0.2, 0.25) is 12.2 Å². The lowest BCUT2D eigenvalue weighted by Crippen LogP contribution is -2.49. The second-order valence-electron chi connectivity index (χ2n) is 5.75. The summed E-state index contributed by atoms with van der Waals surface area (Å²) in [6, 6.07) is -0.264. The zero-order valence-electron chi connectivity index (χ0n) is 10.3. The molecule has 0 saturated heterocycles. The molecule has 0 N–H and O–H groups in total. The molecule has 0 radical (unpaired) electrons. The lowest BCUT2D eigenvalue weighted by molar-refractivity contribution is 0.0969. The van der Waals surface area contributed by atoms with Gasteiger partial charge in [-0.3, -0.25) is 0 Å². The Morgan fingerprint density at radius 2 is 1.81 bits per heavy atom. The van der Waals surface area contributed by atoms with Crippen molar-refractivity contribution in [2.24, 2.45) is 21.3 Å². The Labute approximate surface area is 95.9 Å². The largest absolute Gasteiger partial charge is 0.235 e. The third-order valence-corrected chi connectivity index (χ3v) is 3.38. The molecule has 88 valence electrons. The van der Waals surface area contributed by atoms with Crippen LogP contribution in [-0.4, -0.2) is 23.7 Å². The fraction of sp³-hybridized carbons (Fsp3) is 0.833. The molecule has 1 rings (SSSR count). The summed E-state index contributed by atoms with van der Waals surface area (Å²) in [5.41, 5.74) is -0.524. The highest BCUT2D eigenvalue weighted by Crippen LogP contribution is 2.46. The lowest BCUT2D eigenvalue weighted by Gasteiger charge is -2.46. The van der Waals surface area contributed by atoms with E-state index in [1.54, 1.807) is 12.2 Å². The molecule has 0 aromatic rings. The summed E-state index contributed by atoms with van der Waals surface area (Å²) in [5, 5.41) is 0. The van der Waals surface area contributed by atoms with Crippen molar-refractivity contribution in [2.75, 3.05) is 0 Å². The van der Waals surface area contributed by atoms with Crippen molar-refractivity contribution in [3.05, 3.63) is 0 Å². The maximum Gasteiger partial charge on any atom is 0.235 e. The van der Waals surface area contributed by atoms with Crippen molar-refractivity contribution in [1.82, 2.24) is 0 Å². The molecule has 3 unspecified atom stereocenters. The number of rotatable bonds is 2. The van der Waals surface area contributed by atoms with Crippen LogP contribution in [0.1, 0.15) is 40.5 Å². The van der Waals surface area contributed by atoms with Crippen molar-refractivity contribution in [1.29, 1.82) is 0 Å². The van der Waals surface area contributed by atoms with Gasteiger partial charge >= 0.3 is 0 Å². The molecule has 1 saturated carbocycles. The predicted molar refractivity (Wildman–Crippen MR) is 60.6 cm³/mol. The third kappa shape index (κ3) is 2.46. The highest BCUT2D eigenvalue weighted by atomic mass is 16.1. The first-order valence-electron chi connectivity index (χ1n) is 5.51. The number of hydrogen-bond acceptors (Lipinski definition) is 4. The predicted octanol–water partition coefficient (Wildman–Crippen LogP) is 2.24. The Morgan fingerprint density at radius 1 is 1.19 bits per heavy atom. The van der Waals surface area contributed by atoms with Gasteiger partial charge in [-0.15, -0.1) is 0 Å². The SMILES string of the molecule is CC1CC(C)(C)CC(C)(N=C=O)C1N=C=O. The number of nitrogens with zero attached hydrogens (tertiary/aromatic N) is 2. The molecule has 1 fully saturated rings. The summed E-state index contributed by atoms with van der Waals surface area (Å²) in [4.78, 5) is 28.7. The van der Waals surface area contributed by atoms with E-state index in [1.807, 2.05) is 13.8 Å². The summed E-state index contributed by atoms with van der Waals surface area (Å²) < 4.78 is 0. The maximum absolute atomic E-state index is 10.5. The fourth-order valence-electron chi connectivity index (χ4n) is 3.27. The Morgan fingerprint density at radius 3 is 2.31 bits per heavy atom. The molecular weight excluding hydrogens is 204 g/mol. The summed E-state index contributed by atoms with van der Waals surface area (Å²) >= 11 is 0. The van der Waals surface area contributed by atoms with Gasteiger partial charge in [0, 0.05) is 0 Å². The van der Waals surface area contributed by atoms with E-state index < -0.39 is 5.54 Å². The molecule has 16 heavy (non-hydrogen) atoms. The van der Waals surface area contributed by atoms with Gasteiger partial charge in [-0.2, -0.15) is 9.98 Å². The summed E-state index contributed by atoms with van der Waals surface area (Å²) in [6.07, 6.45) is 4.90. The van der Waals surface area contributed by atoms with E-state index in [0.717, 1.165) is 12.8 Å². The molecule has 0 aromatic heterocycles. The topological polar surface area (TPSA) is 58.9 Å². The van der Waals surface area contributed by atoms with Gasteiger partial charge in [0.15, 0.2) is 0 Å². The average Bonchev–Trinajstić information content (AvgIpc) is 2.10. The van der Waals surface area contributed by atoms with Crippen molar-refractivity contribution >= 4 is 12.2 Å². The first-order valence-corrected chi connectivity index (χ1v) is 5.51. The van der Waals surface area contributed by atoms with Gasteiger partial charge in [-0.25, -0.2) is 9.59 Å². The Bertz CT molecular complexity index is 365. The van der Waals surface area contributed by atoms with Gasteiger partial charge in [0.05, 0.1) is 11.6 Å². The second-order valence-corrected chi connectivity index (χ2v) is 5.75. The molecule has 4 heteroatoms. The first-order chi connectivity index (χ1) is 7.34. The molecule has 0 aromatic carbocycles. The number of hydrogen-bond donors (Lipinski definition) is 0. The smallest absolute Gasteiger partial charge is 0.211 e. The summed E-state index contributed by atoms with van der Waals surface area (Å²) in [6.45, 7) is 8.18. The minimum atomic E-state index is -0.625. The summed E-state index contributed by atoms with van der Waals surface area (Å²) in [7, 11) is 0. The van der Waals surface area contributed by atoms with Gasteiger partial charge < -0.3 is 0 Å². The number of aliphatic imine (C=N–C) groups is 2. The van der Waals surface area contributed by atoms with E-state index in [-0.39, 0.29) is 17.4 Å². The first kappa shape index (κ1) is 12.8. The van der Waals surface area contributed by atoms with Crippen LogP contribution in [0.5, 0.6) is 0 Å². The zero-order valence-corrected chi connectivity index (χ0v) is 10.3. The van der Waals surface area contributed by atoms with Gasteiger partial charge in [0.1, 0.15) is 0 Å². The number of carbonyl (C=O) groups excluding carboxylic acids is 2. The molecular formula is C12H18N2O2. The molecule has 0 aliphatic heterocycles. The molecule has 0 bridgehead atoms. The van der Waals surface area contributed by atoms with E-state index in [4.69, 9.17) is 0 Å². The highest BCUT2D eigenvalue weighted by molar-refractivity contribution is 5.38. The fourth-order valence-corrected chi connectivity index (χ4v) is 3.27. The molecule has 0 spiro atoms. The maximum atomic E-state index is 10.5. The quantitative estimate of drug-likeness (QED) is 0.531. The second kappa shape index (κ2) is 4.32. The van der Waals surface area contributed by atoms with E-state index in [9.17, 15) is 9.59 Å². The van der Waals surface area contributed by atoms with Crippen LogP contribution < -0.4 is 0 Å². The van der Waals surface area contributed by atoms with Crippen LogP contribution in [0.4, 0.5) is 0 Å². The molecule has 0 heterocycles. The van der Waals surface area contributed by atoms with Crippen molar-refractivity contribution in [3.8, 4) is 0 Å². The normalized spacial score (nSPS) is 37.0. The minimum absolute atomic E-state index is 0.101. The Hall–Kier alpha value is -1.24. The average molecular weight is 222 g/mol. The molecule has 4 nitrogen and oxygen atoms in total. The van der Waals surface area contributed by atoms with Crippen LogP contribution in [0, 0.1) is 11.3 Å². The molecule has 1 aliphatic carbocycles. The van der Waals surface area contributed by atoms with Crippen molar-refractivity contribution in [2.45, 2.75) is 52.1 Å². The van der Waals surface area contributed by atoms with Crippen molar-refractivity contribution in [3.63, 3.8) is 0 Å². The third-order valence-electron chi connectivity index (χ3n) is 3.38. The van der Waals surface area contributed by atoms with Gasteiger partial charge in [-0.1, -0.05) is 20.8 Å². The highest BCUT2D eigenvalue weighted by Gasteiger charge is 2.47. The minimum Gasteiger partial charge on any atom is -0.211 e. The number of isocyanates is 2. The van der Waals surface area contributed by atoms with E-state index >= 15 is 0 Å². The van der Waals surface area contributed by atoms with Gasteiger partial charge in [0.25, 0.3) is 0 Å². The van der Waals surface area contributed by atoms with Crippen LogP contribution in [0.25, 0.3) is 0 Å². The van der Waals surface area contributed by atoms with Gasteiger partial charge in [-0.05, 0) is 31.1 Å².